The van der Waals surface area contributed by atoms with E-state index in [4.69, 9.17) is 5.53 Å². The van der Waals surface area contributed by atoms with E-state index in [0.717, 1.165) is 4.91 Å². The van der Waals surface area contributed by atoms with Crippen LogP contribution in [0, 0.1) is 5.53 Å². The second-order valence-corrected chi connectivity index (χ2v) is 0.858. The summed E-state index contributed by atoms with van der Waals surface area (Å²) in [4.78, 5) is 0.854. The van der Waals surface area contributed by atoms with Crippen molar-refractivity contribution in [2.24, 2.45) is 5.22 Å². The standard InChI is InChI=1S/H2N8/c1-2-5-8-6-3-4-7-8/h1H,(H,3,4,6,7)/q+1. The molecule has 8 nitrogen and oxygen atoms in total. The van der Waals surface area contributed by atoms with Crippen LogP contribution in [-0.2, 0) is 0 Å². The predicted molar refractivity (Wildman–Crippen MR) is 17.1 cm³/mol. The molecule has 0 fully saturated rings. The molecule has 2 N–H and O–H groups in total. The first kappa shape index (κ1) is 4.56. The van der Waals surface area contributed by atoms with E-state index in [1.54, 1.807) is 0 Å². The Morgan fingerprint density at radius 3 is 3.00 bits per heavy atom. The molecular weight excluding hydrogens is 112 g/mol. The molecule has 0 amide bonds. The van der Waals surface area contributed by atoms with Gasteiger partial charge in [0.25, 0.3) is 0 Å². The summed E-state index contributed by atoms with van der Waals surface area (Å²) in [5.74, 6) is 0. The van der Waals surface area contributed by atoms with E-state index in [0.29, 0.717) is 0 Å². The van der Waals surface area contributed by atoms with Gasteiger partial charge in [0.05, 0.1) is 10.1 Å². The molecule has 1 radical (unpaired) electrons. The van der Waals surface area contributed by atoms with Crippen molar-refractivity contribution in [3.8, 4) is 0 Å². The lowest BCUT2D eigenvalue weighted by Crippen LogP contribution is -2.46. The first-order valence-electron chi connectivity index (χ1n) is 1.67. The lowest BCUT2D eigenvalue weighted by atomic mass is 12.2. The van der Waals surface area contributed by atoms with E-state index in [1.807, 2.05) is 0 Å². The van der Waals surface area contributed by atoms with E-state index >= 15 is 0 Å². The molecule has 8 heavy (non-hydrogen) atoms. The third kappa shape index (κ3) is 0.721. The summed E-state index contributed by atoms with van der Waals surface area (Å²) in [5, 5.41) is 14.4. The van der Waals surface area contributed by atoms with E-state index < -0.39 is 0 Å². The Hall–Kier alpha value is -1.60. The first-order valence-corrected chi connectivity index (χ1v) is 1.67. The number of hydrogen-bond donors (Lipinski definition) is 2. The normalized spacial score (nSPS) is 8.50. The monoisotopic (exact) mass is 114 g/mol. The lowest BCUT2D eigenvalue weighted by Gasteiger charge is -1.71. The number of hydrogen-bond acceptors (Lipinski definition) is 5. The van der Waals surface area contributed by atoms with E-state index in [2.05, 4.69) is 31.6 Å². The lowest BCUT2D eigenvalue weighted by molar-refractivity contribution is -0.841. The largest absolute Gasteiger partial charge is 0.175 e. The molecule has 0 aliphatic heterocycles. The van der Waals surface area contributed by atoms with Crippen molar-refractivity contribution in [1.82, 2.24) is 26.4 Å². The summed E-state index contributed by atoms with van der Waals surface area (Å²) in [6.45, 7) is 0. The van der Waals surface area contributed by atoms with Crippen LogP contribution >= 0.6 is 0 Å². The molecule has 0 aliphatic carbocycles. The summed E-state index contributed by atoms with van der Waals surface area (Å²) >= 11 is 0. The molecule has 0 unspecified atom stereocenters. The van der Waals surface area contributed by atoms with Crippen LogP contribution in [0.1, 0.15) is 0 Å². The molecule has 0 bridgehead atoms. The van der Waals surface area contributed by atoms with Crippen LogP contribution < -0.4 is 10.4 Å². The van der Waals surface area contributed by atoms with Gasteiger partial charge in [-0.2, -0.15) is 0 Å². The smallest absolute Gasteiger partial charge is 0.125 e. The number of nitrogens with one attached hydrogen (secondary N) is 2. The number of aromatic amines is 1. The quantitative estimate of drug-likeness (QED) is 0.258. The van der Waals surface area contributed by atoms with Crippen molar-refractivity contribution >= 4 is 0 Å². The molecule has 0 saturated carbocycles. The third-order valence-corrected chi connectivity index (χ3v) is 0.433. The van der Waals surface area contributed by atoms with Gasteiger partial charge in [-0.1, -0.05) is 5.21 Å². The molecular formula is H2N8+. The average molecular weight is 114 g/mol. The highest BCUT2D eigenvalue weighted by molar-refractivity contribution is 3.74. The summed E-state index contributed by atoms with van der Waals surface area (Å²) in [7, 11) is 0. The van der Waals surface area contributed by atoms with Crippen LogP contribution in [0.4, 0.5) is 0 Å². The highest BCUT2D eigenvalue weighted by Gasteiger charge is 1.96. The van der Waals surface area contributed by atoms with Gasteiger partial charge < -0.3 is 0 Å². The van der Waals surface area contributed by atoms with Gasteiger partial charge in [0.2, 0.25) is 0 Å². The maximum Gasteiger partial charge on any atom is 0.175 e. The third-order valence-electron chi connectivity index (χ3n) is 0.433. The van der Waals surface area contributed by atoms with Crippen LogP contribution in [0.5, 0.6) is 0 Å². The molecule has 0 aromatic carbocycles. The van der Waals surface area contributed by atoms with Gasteiger partial charge in [0.1, 0.15) is 16.0 Å². The Labute approximate surface area is 43.3 Å². The van der Waals surface area contributed by atoms with Crippen molar-refractivity contribution in [2.45, 2.75) is 0 Å². The fourth-order valence-corrected chi connectivity index (χ4v) is 0.218. The molecule has 1 aromatic heterocycles. The van der Waals surface area contributed by atoms with Gasteiger partial charge in [-0.15, -0.1) is 5.53 Å². The molecule has 8 heteroatoms. The summed E-state index contributed by atoms with van der Waals surface area (Å²) < 4.78 is 0. The van der Waals surface area contributed by atoms with E-state index in [-0.39, 0.29) is 0 Å². The topological polar surface area (TPSA) is 109 Å². The highest BCUT2D eigenvalue weighted by Crippen LogP contribution is 1.44. The van der Waals surface area contributed by atoms with Crippen LogP contribution in [0.25, 0.3) is 0 Å². The first-order chi connectivity index (χ1) is 3.93. The maximum absolute atomic E-state index is 6.20. The molecule has 0 atom stereocenters. The van der Waals surface area contributed by atoms with Crippen molar-refractivity contribution in [3.63, 3.8) is 0 Å². The van der Waals surface area contributed by atoms with Gasteiger partial charge in [0, 0.05) is 0 Å². The van der Waals surface area contributed by atoms with Crippen LogP contribution in [0.15, 0.2) is 5.22 Å². The molecule has 0 aliphatic rings. The Kier molecular flexibility index (Phi) is 1.09. The Morgan fingerprint density at radius 2 is 2.50 bits per heavy atom. The van der Waals surface area contributed by atoms with Crippen molar-refractivity contribution in [3.05, 3.63) is 0 Å². The number of H-pyrrole nitrogens is 1. The van der Waals surface area contributed by atoms with Crippen LogP contribution in [0.3, 0.4) is 0 Å². The van der Waals surface area contributed by atoms with E-state index in [9.17, 15) is 0 Å². The Bertz CT molecular complexity index is 147. The molecule has 1 heterocycles. The minimum Gasteiger partial charge on any atom is -0.125 e. The van der Waals surface area contributed by atoms with Gasteiger partial charge in [-0.05, 0) is 0 Å². The zero-order valence-corrected chi connectivity index (χ0v) is 3.68. The zero-order chi connectivity index (χ0) is 5.82. The van der Waals surface area contributed by atoms with Crippen molar-refractivity contribution in [2.75, 3.05) is 0 Å². The van der Waals surface area contributed by atoms with Crippen molar-refractivity contribution in [1.29, 1.82) is 5.53 Å². The molecule has 41 valence electrons. The molecule has 1 rings (SSSR count). The van der Waals surface area contributed by atoms with Gasteiger partial charge >= 0.3 is 0 Å². The van der Waals surface area contributed by atoms with Crippen LogP contribution in [0.2, 0.25) is 0 Å². The molecule has 0 spiro atoms. The minimum absolute atomic E-state index is 0.854. The van der Waals surface area contributed by atoms with Gasteiger partial charge in [-0.3, -0.25) is 0 Å². The average Bonchev–Trinajstić information content (AvgIpc) is 2.19. The second-order valence-electron chi connectivity index (χ2n) is 0.858. The van der Waals surface area contributed by atoms with E-state index in [1.165, 1.54) is 0 Å². The summed E-state index contributed by atoms with van der Waals surface area (Å²) in [6, 6.07) is 0. The summed E-state index contributed by atoms with van der Waals surface area (Å²) in [6.07, 6.45) is 0. The Morgan fingerprint density at radius 1 is 1.62 bits per heavy atom. The molecule has 0 saturated heterocycles. The second kappa shape index (κ2) is 1.91. The van der Waals surface area contributed by atoms with Crippen molar-refractivity contribution < 1.29 is 4.91 Å². The van der Waals surface area contributed by atoms with Gasteiger partial charge in [-0.25, -0.2) is 0 Å². The number of aromatic nitrogens is 5. The predicted octanol–water partition coefficient (Wildman–Crippen LogP) is -2.20. The minimum atomic E-state index is 0.854. The van der Waals surface area contributed by atoms with Gasteiger partial charge in [0.15, 0.2) is 5.21 Å². The Balaban J connectivity index is 2.62. The van der Waals surface area contributed by atoms with Crippen LogP contribution in [-0.4, -0.2) is 20.9 Å². The number of nitrogens with zero attached hydrogens (tertiary/aromatic N) is 6. The molecule has 1 aromatic rings. The fraction of sp³-hybridized carbons (Fsp3) is 0. The SMILES string of the molecule is N=N[N][n+]1nnn[nH]1. The summed E-state index contributed by atoms with van der Waals surface area (Å²) in [5.41, 5.74) is 9.28. The fourth-order valence-electron chi connectivity index (χ4n) is 0.218. The zero-order valence-electron chi connectivity index (χ0n) is 3.68. The highest BCUT2D eigenvalue weighted by atomic mass is 15.9. The number of rotatable bonds is 2. The maximum atomic E-state index is 6.20.